The lowest BCUT2D eigenvalue weighted by Crippen LogP contribution is -2.37. The molecule has 0 spiro atoms. The number of carbonyl (C=O) groups is 1. The molecule has 0 saturated carbocycles. The van der Waals surface area contributed by atoms with Crippen molar-refractivity contribution >= 4 is 54.8 Å². The molecule has 36 heavy (non-hydrogen) atoms. The SMILES string of the molecule is COc1cc2nc(N(CCN(C)C)C(=O)c3cc(-c4cccs4)nc4ccccc34)sc2cc1OC. The molecule has 7 nitrogen and oxygen atoms in total. The van der Waals surface area contributed by atoms with E-state index in [4.69, 9.17) is 19.4 Å². The number of amides is 1. The Kier molecular flexibility index (Phi) is 6.86. The van der Waals surface area contributed by atoms with Crippen LogP contribution in [0.1, 0.15) is 10.4 Å². The predicted molar refractivity (Wildman–Crippen MR) is 148 cm³/mol. The van der Waals surface area contributed by atoms with E-state index in [-0.39, 0.29) is 5.91 Å². The van der Waals surface area contributed by atoms with Gasteiger partial charge < -0.3 is 14.4 Å². The van der Waals surface area contributed by atoms with E-state index in [1.807, 2.05) is 74.1 Å². The molecule has 0 unspecified atom stereocenters. The quantitative estimate of drug-likeness (QED) is 0.259. The predicted octanol–water partition coefficient (Wildman–Crippen LogP) is 5.80. The molecule has 5 aromatic rings. The van der Waals surface area contributed by atoms with Crippen LogP contribution in [0, 0.1) is 0 Å². The summed E-state index contributed by atoms with van der Waals surface area (Å²) >= 11 is 3.07. The molecule has 0 saturated heterocycles. The van der Waals surface area contributed by atoms with E-state index in [1.54, 1.807) is 30.5 Å². The highest BCUT2D eigenvalue weighted by Gasteiger charge is 2.25. The Bertz CT molecular complexity index is 1490. The Morgan fingerprint density at radius 1 is 0.917 bits per heavy atom. The van der Waals surface area contributed by atoms with Crippen LogP contribution in [-0.4, -0.2) is 62.2 Å². The molecule has 1 amide bonds. The monoisotopic (exact) mass is 518 g/mol. The maximum Gasteiger partial charge on any atom is 0.260 e. The van der Waals surface area contributed by atoms with E-state index in [0.29, 0.717) is 35.3 Å². The van der Waals surface area contributed by atoms with Crippen molar-refractivity contribution in [1.29, 1.82) is 0 Å². The molecule has 2 aromatic carbocycles. The first-order valence-electron chi connectivity index (χ1n) is 11.4. The molecule has 184 valence electrons. The van der Waals surface area contributed by atoms with Crippen LogP contribution < -0.4 is 14.4 Å². The summed E-state index contributed by atoms with van der Waals surface area (Å²) in [6.45, 7) is 1.18. The molecule has 3 aromatic heterocycles. The van der Waals surface area contributed by atoms with Gasteiger partial charge in [-0.3, -0.25) is 9.69 Å². The van der Waals surface area contributed by atoms with Crippen molar-refractivity contribution in [1.82, 2.24) is 14.9 Å². The van der Waals surface area contributed by atoms with Gasteiger partial charge >= 0.3 is 0 Å². The van der Waals surface area contributed by atoms with Crippen LogP contribution in [0.2, 0.25) is 0 Å². The number of para-hydroxylation sites is 1. The topological polar surface area (TPSA) is 67.8 Å². The minimum absolute atomic E-state index is 0.105. The lowest BCUT2D eigenvalue weighted by atomic mass is 10.1. The van der Waals surface area contributed by atoms with Gasteiger partial charge in [-0.1, -0.05) is 35.6 Å². The summed E-state index contributed by atoms with van der Waals surface area (Å²) in [5, 5.41) is 3.47. The van der Waals surface area contributed by atoms with E-state index in [1.165, 1.54) is 11.3 Å². The Morgan fingerprint density at radius 2 is 1.69 bits per heavy atom. The standard InChI is InChI=1S/C27H26N4O3S2/c1-30(2)11-12-31(27-29-21-15-22(33-3)23(34-4)16-25(21)36-27)26(32)18-14-20(24-10-7-13-35-24)28-19-9-6-5-8-17(18)19/h5-10,13-16H,11-12H2,1-4H3. The van der Waals surface area contributed by atoms with Gasteiger partial charge in [0.1, 0.15) is 0 Å². The van der Waals surface area contributed by atoms with Gasteiger partial charge in [0, 0.05) is 30.6 Å². The van der Waals surface area contributed by atoms with Crippen molar-refractivity contribution in [2.45, 2.75) is 0 Å². The summed E-state index contributed by atoms with van der Waals surface area (Å²) in [5.41, 5.74) is 2.95. The number of rotatable bonds is 8. The van der Waals surface area contributed by atoms with Crippen LogP contribution in [0.25, 0.3) is 31.7 Å². The number of likely N-dealkylation sites (N-methyl/N-ethyl adjacent to an activating group) is 1. The fourth-order valence-corrected chi connectivity index (χ4v) is 5.68. The number of benzene rings is 2. The lowest BCUT2D eigenvalue weighted by Gasteiger charge is -2.23. The largest absolute Gasteiger partial charge is 0.493 e. The minimum atomic E-state index is -0.105. The summed E-state index contributed by atoms with van der Waals surface area (Å²) in [6, 6.07) is 17.4. The average Bonchev–Trinajstić information content (AvgIpc) is 3.57. The molecular formula is C27H26N4O3S2. The molecule has 0 aliphatic rings. The first kappa shape index (κ1) is 24.2. The van der Waals surface area contributed by atoms with Gasteiger partial charge in [0.05, 0.1) is 46.1 Å². The zero-order valence-corrected chi connectivity index (χ0v) is 22.2. The number of nitrogens with zero attached hydrogens (tertiary/aromatic N) is 4. The van der Waals surface area contributed by atoms with Crippen LogP contribution >= 0.6 is 22.7 Å². The van der Waals surface area contributed by atoms with Crippen molar-refractivity contribution in [2.75, 3.05) is 46.3 Å². The fourth-order valence-electron chi connectivity index (χ4n) is 3.99. The molecule has 5 rings (SSSR count). The number of pyridine rings is 1. The van der Waals surface area contributed by atoms with E-state index in [0.717, 1.165) is 31.7 Å². The van der Waals surface area contributed by atoms with Gasteiger partial charge in [-0.25, -0.2) is 9.97 Å². The third-order valence-electron chi connectivity index (χ3n) is 5.85. The van der Waals surface area contributed by atoms with Crippen molar-refractivity contribution in [3.05, 3.63) is 65.5 Å². The van der Waals surface area contributed by atoms with Gasteiger partial charge in [-0.2, -0.15) is 0 Å². The van der Waals surface area contributed by atoms with E-state index < -0.39 is 0 Å². The first-order valence-corrected chi connectivity index (χ1v) is 13.1. The van der Waals surface area contributed by atoms with Gasteiger partial charge in [-0.15, -0.1) is 11.3 Å². The van der Waals surface area contributed by atoms with Crippen molar-refractivity contribution in [3.63, 3.8) is 0 Å². The molecule has 0 N–H and O–H groups in total. The Labute approximate surface area is 217 Å². The van der Waals surface area contributed by atoms with Gasteiger partial charge in [0.15, 0.2) is 16.6 Å². The highest BCUT2D eigenvalue weighted by atomic mass is 32.1. The van der Waals surface area contributed by atoms with E-state index in [9.17, 15) is 4.79 Å². The van der Waals surface area contributed by atoms with Crippen molar-refractivity contribution in [2.24, 2.45) is 0 Å². The Hall–Kier alpha value is -3.53. The number of hydrogen-bond acceptors (Lipinski definition) is 8. The molecule has 0 radical (unpaired) electrons. The maximum absolute atomic E-state index is 14.2. The summed E-state index contributed by atoms with van der Waals surface area (Å²) in [4.78, 5) is 28.7. The summed E-state index contributed by atoms with van der Waals surface area (Å²) in [5.74, 6) is 1.13. The third kappa shape index (κ3) is 4.65. The van der Waals surface area contributed by atoms with Crippen LogP contribution in [0.3, 0.4) is 0 Å². The van der Waals surface area contributed by atoms with Crippen molar-refractivity contribution in [3.8, 4) is 22.1 Å². The summed E-state index contributed by atoms with van der Waals surface area (Å²) < 4.78 is 11.8. The van der Waals surface area contributed by atoms with Crippen molar-refractivity contribution < 1.29 is 14.3 Å². The molecule has 0 atom stereocenters. The van der Waals surface area contributed by atoms with Crippen LogP contribution in [-0.2, 0) is 0 Å². The zero-order valence-electron chi connectivity index (χ0n) is 20.5. The number of aromatic nitrogens is 2. The molecule has 0 aliphatic heterocycles. The van der Waals surface area contributed by atoms with Crippen LogP contribution in [0.4, 0.5) is 5.13 Å². The summed E-state index contributed by atoms with van der Waals surface area (Å²) in [7, 11) is 7.20. The number of fused-ring (bicyclic) bond motifs is 2. The Balaban J connectivity index is 1.64. The Morgan fingerprint density at radius 3 is 2.42 bits per heavy atom. The number of thiophene rings is 1. The minimum Gasteiger partial charge on any atom is -0.493 e. The summed E-state index contributed by atoms with van der Waals surface area (Å²) in [6.07, 6.45) is 0. The number of hydrogen-bond donors (Lipinski definition) is 0. The normalized spacial score (nSPS) is 11.4. The van der Waals surface area contributed by atoms with E-state index >= 15 is 0 Å². The second kappa shape index (κ2) is 10.2. The third-order valence-corrected chi connectivity index (χ3v) is 7.78. The molecular weight excluding hydrogens is 492 g/mol. The molecule has 0 aliphatic carbocycles. The number of carbonyl (C=O) groups excluding carboxylic acids is 1. The fraction of sp³-hybridized carbons (Fsp3) is 0.222. The number of ether oxygens (including phenoxy) is 2. The van der Waals surface area contributed by atoms with E-state index in [2.05, 4.69) is 4.90 Å². The smallest absolute Gasteiger partial charge is 0.260 e. The zero-order chi connectivity index (χ0) is 25.2. The molecule has 9 heteroatoms. The average molecular weight is 519 g/mol. The first-order chi connectivity index (χ1) is 17.5. The molecule has 3 heterocycles. The number of methoxy groups -OCH3 is 2. The van der Waals surface area contributed by atoms with Gasteiger partial charge in [0.25, 0.3) is 5.91 Å². The van der Waals surface area contributed by atoms with Crippen LogP contribution in [0.15, 0.2) is 60.0 Å². The maximum atomic E-state index is 14.2. The van der Waals surface area contributed by atoms with Gasteiger partial charge in [0.2, 0.25) is 0 Å². The number of thiazole rings is 1. The second-order valence-corrected chi connectivity index (χ2v) is 10.4. The lowest BCUT2D eigenvalue weighted by molar-refractivity contribution is 0.0986. The molecule has 0 bridgehead atoms. The second-order valence-electron chi connectivity index (χ2n) is 8.48. The molecule has 0 fully saturated rings. The van der Waals surface area contributed by atoms with Crippen LogP contribution in [0.5, 0.6) is 11.5 Å². The highest BCUT2D eigenvalue weighted by Crippen LogP contribution is 2.38. The number of anilines is 1. The van der Waals surface area contributed by atoms with Gasteiger partial charge in [-0.05, 0) is 37.7 Å². The highest BCUT2D eigenvalue weighted by molar-refractivity contribution is 7.22.